The number of benzene rings is 1. The molecule has 1 aromatic heterocycles. The Morgan fingerprint density at radius 2 is 2.12 bits per heavy atom. The summed E-state index contributed by atoms with van der Waals surface area (Å²) in [6, 6.07) is 3.70. The van der Waals surface area contributed by atoms with Crippen molar-refractivity contribution in [2.75, 3.05) is 6.54 Å². The van der Waals surface area contributed by atoms with E-state index in [9.17, 15) is 23.1 Å². The number of rotatable bonds is 6. The minimum atomic E-state index is -4.37. The third kappa shape index (κ3) is 3.60. The molecule has 1 aliphatic rings. The lowest BCUT2D eigenvalue weighted by molar-refractivity contribution is -0.142. The van der Waals surface area contributed by atoms with Gasteiger partial charge in [-0.25, -0.2) is 4.98 Å². The van der Waals surface area contributed by atoms with E-state index in [1.54, 1.807) is 10.9 Å². The van der Waals surface area contributed by atoms with E-state index in [2.05, 4.69) is 4.98 Å². The Morgan fingerprint density at radius 3 is 2.77 bits per heavy atom. The number of nitrogens with zero attached hydrogens (tertiary/aromatic N) is 2. The highest BCUT2D eigenvalue weighted by molar-refractivity contribution is 5.70. The van der Waals surface area contributed by atoms with Gasteiger partial charge in [-0.15, -0.1) is 0 Å². The highest BCUT2D eigenvalue weighted by Gasteiger charge is 2.32. The minimum Gasteiger partial charge on any atom is -0.481 e. The Balaban J connectivity index is 1.88. The number of carboxylic acids is 1. The lowest BCUT2D eigenvalue weighted by Crippen LogP contribution is -2.20. The van der Waals surface area contributed by atoms with Crippen molar-refractivity contribution in [3.05, 3.63) is 47.0 Å². The Labute approximate surface area is 148 Å². The Kier molecular flexibility index (Phi) is 5.04. The normalized spacial score (nSPS) is 14.6. The number of aryl methyl sites for hydroxylation is 1. The molecule has 0 spiro atoms. The van der Waals surface area contributed by atoms with Crippen LogP contribution in [0.2, 0.25) is 0 Å². The van der Waals surface area contributed by atoms with E-state index < -0.39 is 23.6 Å². The van der Waals surface area contributed by atoms with Crippen molar-refractivity contribution < 1.29 is 23.1 Å². The first-order valence-electron chi connectivity index (χ1n) is 8.49. The van der Waals surface area contributed by atoms with E-state index in [0.29, 0.717) is 55.6 Å². The van der Waals surface area contributed by atoms with Gasteiger partial charge in [0.2, 0.25) is 0 Å². The lowest BCUT2D eigenvalue weighted by atomic mass is 9.93. The number of hydrogen-bond donors (Lipinski definition) is 2. The van der Waals surface area contributed by atoms with Crippen LogP contribution < -0.4 is 5.73 Å². The van der Waals surface area contributed by atoms with Gasteiger partial charge in [0.05, 0.1) is 23.5 Å². The maximum absolute atomic E-state index is 12.9. The summed E-state index contributed by atoms with van der Waals surface area (Å²) in [7, 11) is 0. The molecule has 0 bridgehead atoms. The predicted octanol–water partition coefficient (Wildman–Crippen LogP) is 2.97. The molecule has 0 saturated heterocycles. The molecule has 0 aliphatic carbocycles. The van der Waals surface area contributed by atoms with Gasteiger partial charge in [0, 0.05) is 17.8 Å². The summed E-state index contributed by atoms with van der Waals surface area (Å²) in [5.74, 6) is -1.45. The van der Waals surface area contributed by atoms with Crippen LogP contribution in [-0.4, -0.2) is 27.2 Å². The number of fused-ring (bicyclic) bond motifs is 3. The molecule has 3 rings (SSSR count). The number of alkyl halides is 3. The van der Waals surface area contributed by atoms with Crippen LogP contribution >= 0.6 is 0 Å². The van der Waals surface area contributed by atoms with Gasteiger partial charge in [-0.3, -0.25) is 4.79 Å². The van der Waals surface area contributed by atoms with Crippen LogP contribution in [0.25, 0.3) is 5.69 Å². The zero-order chi connectivity index (χ0) is 18.9. The fourth-order valence-corrected chi connectivity index (χ4v) is 3.41. The van der Waals surface area contributed by atoms with Gasteiger partial charge in [-0.2, -0.15) is 13.2 Å². The largest absolute Gasteiger partial charge is 0.481 e. The van der Waals surface area contributed by atoms with Crippen LogP contribution in [0.1, 0.15) is 35.4 Å². The summed E-state index contributed by atoms with van der Waals surface area (Å²) in [6.45, 7) is 0.431. The van der Waals surface area contributed by atoms with E-state index >= 15 is 0 Å². The van der Waals surface area contributed by atoms with Gasteiger partial charge >= 0.3 is 12.1 Å². The third-order valence-electron chi connectivity index (χ3n) is 4.80. The molecule has 26 heavy (non-hydrogen) atoms. The van der Waals surface area contributed by atoms with E-state index in [1.165, 1.54) is 12.1 Å². The van der Waals surface area contributed by atoms with Gasteiger partial charge in [0.25, 0.3) is 0 Å². The average molecular weight is 367 g/mol. The Bertz CT molecular complexity index is 814. The first kappa shape index (κ1) is 18.4. The Hall–Kier alpha value is -2.35. The van der Waals surface area contributed by atoms with Crippen LogP contribution in [0.5, 0.6) is 0 Å². The molecule has 1 atom stereocenters. The molecule has 1 aromatic carbocycles. The molecule has 8 heteroatoms. The van der Waals surface area contributed by atoms with Crippen LogP contribution in [0.3, 0.4) is 0 Å². The molecule has 1 aliphatic heterocycles. The van der Waals surface area contributed by atoms with Crippen molar-refractivity contribution in [1.82, 2.24) is 9.55 Å². The van der Waals surface area contributed by atoms with E-state index in [0.717, 1.165) is 11.8 Å². The molecule has 140 valence electrons. The molecular formula is C18H20F3N3O2. The van der Waals surface area contributed by atoms with Crippen molar-refractivity contribution in [1.29, 1.82) is 0 Å². The van der Waals surface area contributed by atoms with Crippen molar-refractivity contribution in [3.63, 3.8) is 0 Å². The smallest absolute Gasteiger partial charge is 0.416 e. The molecule has 2 aromatic rings. The van der Waals surface area contributed by atoms with E-state index in [4.69, 9.17) is 5.73 Å². The van der Waals surface area contributed by atoms with E-state index in [1.807, 2.05) is 0 Å². The number of imidazole rings is 1. The standard InChI is InChI=1S/C18H20F3N3O2/c19-18(20,21)13-4-6-15-11(8-13)3-5-16-14(23-10-24(15)16)9-12(17(25)26)2-1-7-22/h4,6,8,10,12H,1-3,5,7,9,22H2,(H,25,26). The molecule has 0 saturated carbocycles. The first-order valence-corrected chi connectivity index (χ1v) is 8.49. The second-order valence-electron chi connectivity index (χ2n) is 6.52. The lowest BCUT2D eigenvalue weighted by Gasteiger charge is -2.21. The zero-order valence-corrected chi connectivity index (χ0v) is 14.1. The second-order valence-corrected chi connectivity index (χ2v) is 6.52. The molecule has 0 radical (unpaired) electrons. The zero-order valence-electron chi connectivity index (χ0n) is 14.1. The SMILES string of the molecule is NCCCC(Cc1ncn2c1CCc1cc(C(F)(F)F)ccc1-2)C(=O)O. The summed E-state index contributed by atoms with van der Waals surface area (Å²) in [5.41, 5.74) is 7.66. The van der Waals surface area contributed by atoms with Gasteiger partial charge < -0.3 is 15.4 Å². The number of hydrogen-bond acceptors (Lipinski definition) is 3. The molecule has 2 heterocycles. The average Bonchev–Trinajstić information content (AvgIpc) is 3.00. The Morgan fingerprint density at radius 1 is 1.35 bits per heavy atom. The second kappa shape index (κ2) is 7.11. The maximum Gasteiger partial charge on any atom is 0.416 e. The van der Waals surface area contributed by atoms with Gasteiger partial charge in [0.15, 0.2) is 0 Å². The predicted molar refractivity (Wildman–Crippen MR) is 89.1 cm³/mol. The number of carbonyl (C=O) groups is 1. The summed E-state index contributed by atoms with van der Waals surface area (Å²) in [4.78, 5) is 15.8. The molecule has 1 unspecified atom stereocenters. The fourth-order valence-electron chi connectivity index (χ4n) is 3.41. The highest BCUT2D eigenvalue weighted by atomic mass is 19.4. The molecular weight excluding hydrogens is 347 g/mol. The van der Waals surface area contributed by atoms with Gasteiger partial charge in [0.1, 0.15) is 0 Å². The van der Waals surface area contributed by atoms with Crippen LogP contribution in [0, 0.1) is 5.92 Å². The number of aliphatic carboxylic acids is 1. The van der Waals surface area contributed by atoms with Gasteiger partial charge in [-0.05, 0) is 56.0 Å². The fraction of sp³-hybridized carbons (Fsp3) is 0.444. The number of nitrogens with two attached hydrogens (primary N) is 1. The summed E-state index contributed by atoms with van der Waals surface area (Å²) >= 11 is 0. The number of halogens is 3. The molecule has 3 N–H and O–H groups in total. The minimum absolute atomic E-state index is 0.299. The van der Waals surface area contributed by atoms with Crippen LogP contribution in [0.4, 0.5) is 13.2 Å². The summed E-state index contributed by atoms with van der Waals surface area (Å²) < 4.78 is 40.5. The van der Waals surface area contributed by atoms with Crippen molar-refractivity contribution in [2.45, 2.75) is 38.3 Å². The van der Waals surface area contributed by atoms with Crippen LogP contribution in [0.15, 0.2) is 24.5 Å². The number of carboxylic acid groups (broad SMARTS) is 1. The first-order chi connectivity index (χ1) is 12.3. The van der Waals surface area contributed by atoms with Crippen molar-refractivity contribution in [3.8, 4) is 5.69 Å². The third-order valence-corrected chi connectivity index (χ3v) is 4.80. The van der Waals surface area contributed by atoms with Gasteiger partial charge in [-0.1, -0.05) is 0 Å². The molecule has 5 nitrogen and oxygen atoms in total. The van der Waals surface area contributed by atoms with Crippen LogP contribution in [-0.2, 0) is 30.2 Å². The monoisotopic (exact) mass is 367 g/mol. The van der Waals surface area contributed by atoms with Crippen molar-refractivity contribution in [2.24, 2.45) is 11.7 Å². The topological polar surface area (TPSA) is 81.1 Å². The summed E-state index contributed by atoms with van der Waals surface area (Å²) in [6.07, 6.45) is -0.399. The quantitative estimate of drug-likeness (QED) is 0.823. The van der Waals surface area contributed by atoms with Crippen molar-refractivity contribution >= 4 is 5.97 Å². The molecule has 0 fully saturated rings. The number of aromatic nitrogens is 2. The summed E-state index contributed by atoms with van der Waals surface area (Å²) in [5, 5.41) is 9.39. The van der Waals surface area contributed by atoms with E-state index in [-0.39, 0.29) is 0 Å². The highest BCUT2D eigenvalue weighted by Crippen LogP contribution is 2.34. The maximum atomic E-state index is 12.9. The molecule has 0 amide bonds.